The third-order valence-corrected chi connectivity index (χ3v) is 3.29. The van der Waals surface area contributed by atoms with Crippen LogP contribution in [-0.4, -0.2) is 26.0 Å². The van der Waals surface area contributed by atoms with Gasteiger partial charge in [0.25, 0.3) is 5.22 Å². The van der Waals surface area contributed by atoms with E-state index in [0.29, 0.717) is 21.5 Å². The smallest absolute Gasteiger partial charge is 0.335 e. The number of aromatic nitrogens is 3. The molecule has 0 spiro atoms. The van der Waals surface area contributed by atoms with Crippen LogP contribution in [0.1, 0.15) is 15.9 Å². The van der Waals surface area contributed by atoms with Gasteiger partial charge in [-0.15, -0.1) is 0 Å². The van der Waals surface area contributed by atoms with E-state index in [1.807, 2.05) is 6.92 Å². The van der Waals surface area contributed by atoms with Gasteiger partial charge in [0.2, 0.25) is 0 Å². The van der Waals surface area contributed by atoms with Crippen molar-refractivity contribution in [2.24, 2.45) is 0 Å². The van der Waals surface area contributed by atoms with Crippen LogP contribution in [0.3, 0.4) is 0 Å². The first-order valence-corrected chi connectivity index (χ1v) is 6.54. The van der Waals surface area contributed by atoms with E-state index in [2.05, 4.69) is 15.0 Å². The average molecular weight is 287 g/mol. The van der Waals surface area contributed by atoms with E-state index < -0.39 is 5.97 Å². The highest BCUT2D eigenvalue weighted by atomic mass is 32.2. The molecule has 1 aromatic carbocycles. The van der Waals surface area contributed by atoms with Gasteiger partial charge in [-0.3, -0.25) is 0 Å². The summed E-state index contributed by atoms with van der Waals surface area (Å²) < 4.78 is 5.50. The summed E-state index contributed by atoms with van der Waals surface area (Å²) >= 11 is 1.19. The largest absolute Gasteiger partial charge is 0.478 e. The van der Waals surface area contributed by atoms with Crippen LogP contribution in [-0.2, 0) is 0 Å². The number of aryl methyl sites for hydroxylation is 1. The Morgan fingerprint density at radius 3 is 2.75 bits per heavy atom. The maximum absolute atomic E-state index is 10.9. The van der Waals surface area contributed by atoms with Crippen LogP contribution in [0.4, 0.5) is 0 Å². The fourth-order valence-electron chi connectivity index (χ4n) is 1.59. The van der Waals surface area contributed by atoms with Crippen molar-refractivity contribution in [2.45, 2.75) is 17.3 Å². The van der Waals surface area contributed by atoms with Crippen LogP contribution >= 0.6 is 11.8 Å². The lowest BCUT2D eigenvalue weighted by Crippen LogP contribution is -1.94. The number of hydrogen-bond acceptors (Lipinski definition) is 6. The van der Waals surface area contributed by atoms with Gasteiger partial charge in [0.1, 0.15) is 5.52 Å². The standard InChI is InChI=1S/C13H9N3O3S/c1-7-5-14-12(15-6-7)20-13-16-9-3-2-8(11(17)18)4-10(9)19-13/h2-6H,1H3,(H,17,18). The van der Waals surface area contributed by atoms with Gasteiger partial charge >= 0.3 is 5.97 Å². The van der Waals surface area contributed by atoms with Crippen LogP contribution in [0.15, 0.2) is 45.4 Å². The average Bonchev–Trinajstić information content (AvgIpc) is 2.82. The Labute approximate surface area is 117 Å². The fraction of sp³-hybridized carbons (Fsp3) is 0.0769. The first-order valence-electron chi connectivity index (χ1n) is 5.72. The molecule has 3 aromatic rings. The number of fused-ring (bicyclic) bond motifs is 1. The summed E-state index contributed by atoms with van der Waals surface area (Å²) in [6.07, 6.45) is 3.42. The minimum absolute atomic E-state index is 0.164. The maximum Gasteiger partial charge on any atom is 0.335 e. The van der Waals surface area contributed by atoms with E-state index in [0.717, 1.165) is 5.56 Å². The summed E-state index contributed by atoms with van der Waals surface area (Å²) in [4.78, 5) is 23.4. The molecule has 2 aromatic heterocycles. The minimum Gasteiger partial charge on any atom is -0.478 e. The second kappa shape index (κ2) is 4.93. The van der Waals surface area contributed by atoms with Gasteiger partial charge in [-0.2, -0.15) is 0 Å². The lowest BCUT2D eigenvalue weighted by Gasteiger charge is -1.94. The summed E-state index contributed by atoms with van der Waals surface area (Å²) in [5.74, 6) is -1.00. The normalized spacial score (nSPS) is 10.8. The zero-order valence-electron chi connectivity index (χ0n) is 10.4. The van der Waals surface area contributed by atoms with E-state index in [4.69, 9.17) is 9.52 Å². The molecule has 0 aliphatic heterocycles. The molecule has 100 valence electrons. The van der Waals surface area contributed by atoms with Crippen molar-refractivity contribution in [2.75, 3.05) is 0 Å². The molecule has 0 saturated heterocycles. The van der Waals surface area contributed by atoms with Crippen LogP contribution in [0, 0.1) is 6.92 Å². The molecule has 0 amide bonds. The molecule has 2 heterocycles. The van der Waals surface area contributed by atoms with Gasteiger partial charge < -0.3 is 9.52 Å². The maximum atomic E-state index is 10.9. The first kappa shape index (κ1) is 12.6. The van der Waals surface area contributed by atoms with Crippen LogP contribution in [0.5, 0.6) is 0 Å². The van der Waals surface area contributed by atoms with Gasteiger partial charge in [-0.05, 0) is 30.7 Å². The van der Waals surface area contributed by atoms with E-state index in [9.17, 15) is 4.79 Å². The van der Waals surface area contributed by atoms with Crippen LogP contribution in [0.25, 0.3) is 11.1 Å². The number of carboxylic acid groups (broad SMARTS) is 1. The van der Waals surface area contributed by atoms with Crippen molar-refractivity contribution in [1.29, 1.82) is 0 Å². The molecule has 0 unspecified atom stereocenters. The highest BCUT2D eigenvalue weighted by Gasteiger charge is 2.11. The lowest BCUT2D eigenvalue weighted by atomic mass is 10.2. The number of oxazole rings is 1. The number of rotatable bonds is 3. The quantitative estimate of drug-likeness (QED) is 0.741. The molecule has 0 aliphatic carbocycles. The van der Waals surface area contributed by atoms with Gasteiger partial charge in [0, 0.05) is 24.2 Å². The molecule has 20 heavy (non-hydrogen) atoms. The highest BCUT2D eigenvalue weighted by Crippen LogP contribution is 2.27. The number of aromatic carboxylic acids is 1. The Morgan fingerprint density at radius 2 is 2.05 bits per heavy atom. The Balaban J connectivity index is 1.92. The zero-order chi connectivity index (χ0) is 14.1. The number of nitrogens with zero attached hydrogens (tertiary/aromatic N) is 3. The lowest BCUT2D eigenvalue weighted by molar-refractivity contribution is 0.0697. The molecule has 0 radical (unpaired) electrons. The Bertz CT molecular complexity index is 783. The van der Waals surface area contributed by atoms with Crippen molar-refractivity contribution >= 4 is 28.8 Å². The Hall–Kier alpha value is -2.41. The third-order valence-electron chi connectivity index (χ3n) is 2.55. The van der Waals surface area contributed by atoms with Gasteiger partial charge in [0.05, 0.1) is 5.56 Å². The number of carbonyl (C=O) groups is 1. The van der Waals surface area contributed by atoms with Gasteiger partial charge in [-0.25, -0.2) is 19.7 Å². The molecule has 0 aliphatic rings. The zero-order valence-corrected chi connectivity index (χ0v) is 11.2. The molecular formula is C13H9N3O3S. The van der Waals surface area contributed by atoms with Crippen molar-refractivity contribution < 1.29 is 14.3 Å². The van der Waals surface area contributed by atoms with Gasteiger partial charge in [0.15, 0.2) is 10.7 Å². The summed E-state index contributed by atoms with van der Waals surface area (Å²) in [7, 11) is 0. The van der Waals surface area contributed by atoms with E-state index in [1.54, 1.807) is 18.5 Å². The monoisotopic (exact) mass is 287 g/mol. The highest BCUT2D eigenvalue weighted by molar-refractivity contribution is 7.98. The topological polar surface area (TPSA) is 89.1 Å². The van der Waals surface area contributed by atoms with E-state index in [1.165, 1.54) is 23.9 Å². The Kier molecular flexibility index (Phi) is 3.11. The molecule has 7 heteroatoms. The minimum atomic E-state index is -1.00. The first-order chi connectivity index (χ1) is 9.61. The molecule has 1 N–H and O–H groups in total. The number of carboxylic acids is 1. The summed E-state index contributed by atoms with van der Waals surface area (Å²) in [5.41, 5.74) is 2.17. The summed E-state index contributed by atoms with van der Waals surface area (Å²) in [6, 6.07) is 4.55. The third kappa shape index (κ3) is 2.48. The van der Waals surface area contributed by atoms with E-state index in [-0.39, 0.29) is 5.56 Å². The van der Waals surface area contributed by atoms with Crippen molar-refractivity contribution in [3.63, 3.8) is 0 Å². The number of benzene rings is 1. The molecule has 0 saturated carbocycles. The predicted molar refractivity (Wildman–Crippen MR) is 71.9 cm³/mol. The van der Waals surface area contributed by atoms with Crippen molar-refractivity contribution in [3.05, 3.63) is 41.7 Å². The van der Waals surface area contributed by atoms with Crippen LogP contribution < -0.4 is 0 Å². The van der Waals surface area contributed by atoms with E-state index >= 15 is 0 Å². The molecule has 0 bridgehead atoms. The molecule has 3 rings (SSSR count). The molecule has 6 nitrogen and oxygen atoms in total. The SMILES string of the molecule is Cc1cnc(Sc2nc3ccc(C(=O)O)cc3o2)nc1. The van der Waals surface area contributed by atoms with Crippen molar-refractivity contribution in [3.8, 4) is 0 Å². The summed E-state index contributed by atoms with van der Waals surface area (Å²) in [6.45, 7) is 1.90. The fourth-order valence-corrected chi connectivity index (χ4v) is 2.23. The second-order valence-electron chi connectivity index (χ2n) is 4.11. The molecule has 0 fully saturated rings. The van der Waals surface area contributed by atoms with Crippen LogP contribution in [0.2, 0.25) is 0 Å². The molecular weight excluding hydrogens is 278 g/mol. The van der Waals surface area contributed by atoms with Crippen molar-refractivity contribution in [1.82, 2.24) is 15.0 Å². The Morgan fingerprint density at radius 1 is 1.30 bits per heavy atom. The second-order valence-corrected chi connectivity index (χ2v) is 5.03. The number of hydrogen-bond donors (Lipinski definition) is 1. The predicted octanol–water partition coefficient (Wildman–Crippen LogP) is 2.78. The molecule has 0 atom stereocenters. The van der Waals surface area contributed by atoms with Gasteiger partial charge in [-0.1, -0.05) is 0 Å². The summed E-state index contributed by atoms with van der Waals surface area (Å²) in [5, 5.41) is 9.83.